The minimum atomic E-state index is -0.444. The summed E-state index contributed by atoms with van der Waals surface area (Å²) in [5.41, 5.74) is 1.64. The number of esters is 1. The predicted molar refractivity (Wildman–Crippen MR) is 127 cm³/mol. The first-order valence-corrected chi connectivity index (χ1v) is 11.7. The van der Waals surface area contributed by atoms with E-state index in [1.807, 2.05) is 41.9 Å². The topological polar surface area (TPSA) is 66.0 Å². The van der Waals surface area contributed by atoms with Crippen molar-refractivity contribution in [2.75, 3.05) is 40.3 Å². The Morgan fingerprint density at radius 2 is 2.00 bits per heavy atom. The number of nitrogens with zero attached hydrogens (tertiary/aromatic N) is 4. The quantitative estimate of drug-likeness (QED) is 0.449. The second-order valence-corrected chi connectivity index (χ2v) is 9.20. The van der Waals surface area contributed by atoms with E-state index in [0.29, 0.717) is 17.6 Å². The maximum absolute atomic E-state index is 12.7. The van der Waals surface area contributed by atoms with E-state index in [1.165, 1.54) is 12.0 Å². The van der Waals surface area contributed by atoms with Crippen LogP contribution in [-0.4, -0.2) is 84.0 Å². The van der Waals surface area contributed by atoms with Crippen molar-refractivity contribution in [3.05, 3.63) is 64.6 Å². The molecule has 0 unspecified atom stereocenters. The fraction of sp³-hybridized carbons (Fsp3) is 0.458. The first-order valence-electron chi connectivity index (χ1n) is 10.8. The third-order valence-electron chi connectivity index (χ3n) is 5.96. The van der Waals surface area contributed by atoms with E-state index in [2.05, 4.69) is 39.9 Å². The number of hydrogen-bond acceptors (Lipinski definition) is 7. The number of methoxy groups -OCH3 is 1. The summed E-state index contributed by atoms with van der Waals surface area (Å²) >= 11 is 1.65. The Balaban J connectivity index is 1.84. The van der Waals surface area contributed by atoms with E-state index >= 15 is 0 Å². The van der Waals surface area contributed by atoms with Crippen molar-refractivity contribution < 1.29 is 14.3 Å². The zero-order chi connectivity index (χ0) is 23.3. The molecule has 1 aromatic heterocycles. The number of likely N-dealkylation sites (N-methyl/N-ethyl adjacent to an activating group) is 1. The van der Waals surface area contributed by atoms with Crippen LogP contribution < -0.4 is 0 Å². The van der Waals surface area contributed by atoms with Gasteiger partial charge in [0.25, 0.3) is 5.91 Å². The Kier molecular flexibility index (Phi) is 8.17. The van der Waals surface area contributed by atoms with Crippen molar-refractivity contribution in [3.63, 3.8) is 0 Å². The molecular weight excluding hydrogens is 424 g/mol. The second kappa shape index (κ2) is 10.8. The molecule has 172 valence electrons. The highest BCUT2D eigenvalue weighted by atomic mass is 32.1. The molecule has 1 fully saturated rings. The third kappa shape index (κ3) is 5.43. The van der Waals surface area contributed by atoms with Crippen molar-refractivity contribution in [1.29, 1.82) is 0 Å². The van der Waals surface area contributed by atoms with Crippen LogP contribution in [0.25, 0.3) is 0 Å². The molecule has 8 heteroatoms. The predicted octanol–water partition coefficient (Wildman–Crippen LogP) is 3.06. The molecule has 2 heterocycles. The molecule has 1 aromatic carbocycles. The zero-order valence-electron chi connectivity index (χ0n) is 19.2. The van der Waals surface area contributed by atoms with Gasteiger partial charge in [0.2, 0.25) is 0 Å². The molecule has 0 N–H and O–H groups in total. The third-order valence-corrected chi connectivity index (χ3v) is 6.79. The van der Waals surface area contributed by atoms with Crippen LogP contribution in [0, 0.1) is 0 Å². The van der Waals surface area contributed by atoms with Gasteiger partial charge in [0.15, 0.2) is 0 Å². The largest absolute Gasteiger partial charge is 0.468 e. The van der Waals surface area contributed by atoms with E-state index in [9.17, 15) is 9.59 Å². The minimum absolute atomic E-state index is 0.0234. The molecule has 0 aliphatic carbocycles. The fourth-order valence-corrected chi connectivity index (χ4v) is 4.99. The molecule has 3 atom stereocenters. The highest BCUT2D eigenvalue weighted by molar-refractivity contribution is 7.09. The Morgan fingerprint density at radius 1 is 1.28 bits per heavy atom. The van der Waals surface area contributed by atoms with Gasteiger partial charge >= 0.3 is 5.97 Å². The van der Waals surface area contributed by atoms with Gasteiger partial charge in [-0.1, -0.05) is 18.2 Å². The highest BCUT2D eigenvalue weighted by Gasteiger charge is 2.35. The molecule has 0 bridgehead atoms. The van der Waals surface area contributed by atoms with Crippen LogP contribution in [0.5, 0.6) is 0 Å². The Labute approximate surface area is 194 Å². The van der Waals surface area contributed by atoms with Crippen LogP contribution in [0.2, 0.25) is 0 Å². The van der Waals surface area contributed by atoms with Crippen LogP contribution in [0.3, 0.4) is 0 Å². The number of carbonyl (C=O) groups is 2. The molecular formula is C24H32N4O3S. The lowest BCUT2D eigenvalue weighted by atomic mass is 9.98. The summed E-state index contributed by atoms with van der Waals surface area (Å²) in [4.78, 5) is 35.1. The first-order chi connectivity index (χ1) is 15.3. The Bertz CT molecular complexity index is 916. The zero-order valence-corrected chi connectivity index (χ0v) is 20.0. The SMILES string of the molecule is C=CCN1C[C@H](C)N([C@H](c2ccc(C(=O)N(C)CC(=O)OC)cc2)c2nccs2)C[C@H]1C. The van der Waals surface area contributed by atoms with E-state index in [4.69, 9.17) is 0 Å². The van der Waals surface area contributed by atoms with Crippen LogP contribution in [0.1, 0.15) is 40.8 Å². The van der Waals surface area contributed by atoms with Gasteiger partial charge in [-0.15, -0.1) is 17.9 Å². The smallest absolute Gasteiger partial charge is 0.325 e. The Morgan fingerprint density at radius 3 is 2.59 bits per heavy atom. The lowest BCUT2D eigenvalue weighted by molar-refractivity contribution is -0.141. The number of piperazine rings is 1. The summed E-state index contributed by atoms with van der Waals surface area (Å²) in [5, 5.41) is 3.05. The van der Waals surface area contributed by atoms with Crippen molar-refractivity contribution in [1.82, 2.24) is 19.7 Å². The van der Waals surface area contributed by atoms with Crippen LogP contribution in [-0.2, 0) is 9.53 Å². The molecule has 32 heavy (non-hydrogen) atoms. The van der Waals surface area contributed by atoms with Crippen molar-refractivity contribution in [3.8, 4) is 0 Å². The number of benzene rings is 1. The first kappa shape index (κ1) is 24.1. The fourth-order valence-electron chi connectivity index (χ4n) is 4.21. The monoisotopic (exact) mass is 456 g/mol. The molecule has 3 rings (SSSR count). The number of aromatic nitrogens is 1. The van der Waals surface area contributed by atoms with Crippen molar-refractivity contribution in [2.24, 2.45) is 0 Å². The van der Waals surface area contributed by atoms with Gasteiger partial charge < -0.3 is 9.64 Å². The average Bonchev–Trinajstić information content (AvgIpc) is 3.31. The molecule has 2 aromatic rings. The molecule has 1 amide bonds. The summed E-state index contributed by atoms with van der Waals surface area (Å²) in [6.45, 7) is 11.1. The molecule has 0 spiro atoms. The summed E-state index contributed by atoms with van der Waals surface area (Å²) in [7, 11) is 2.91. The summed E-state index contributed by atoms with van der Waals surface area (Å²) in [6, 6.07) is 8.42. The molecule has 0 radical (unpaired) electrons. The van der Waals surface area contributed by atoms with Gasteiger partial charge in [-0.2, -0.15) is 0 Å². The lowest BCUT2D eigenvalue weighted by Crippen LogP contribution is -2.57. The van der Waals surface area contributed by atoms with Gasteiger partial charge in [0.05, 0.1) is 13.2 Å². The summed E-state index contributed by atoms with van der Waals surface area (Å²) in [5.74, 6) is -0.659. The highest BCUT2D eigenvalue weighted by Crippen LogP contribution is 2.34. The molecule has 1 aliphatic heterocycles. The van der Waals surface area contributed by atoms with Gasteiger partial charge in [-0.3, -0.25) is 19.4 Å². The van der Waals surface area contributed by atoms with Crippen molar-refractivity contribution >= 4 is 23.2 Å². The second-order valence-electron chi connectivity index (χ2n) is 8.27. The number of carbonyl (C=O) groups excluding carboxylic acids is 2. The molecule has 1 aliphatic rings. The molecule has 0 saturated carbocycles. The van der Waals surface area contributed by atoms with Gasteiger partial charge in [-0.25, -0.2) is 4.98 Å². The van der Waals surface area contributed by atoms with Gasteiger partial charge in [-0.05, 0) is 31.5 Å². The normalized spacial score (nSPS) is 20.5. The number of amides is 1. The molecule has 7 nitrogen and oxygen atoms in total. The maximum Gasteiger partial charge on any atom is 0.325 e. The average molecular weight is 457 g/mol. The summed E-state index contributed by atoms with van der Waals surface area (Å²) in [6.07, 6.45) is 3.80. The van der Waals surface area contributed by atoms with Gasteiger partial charge in [0, 0.05) is 55.9 Å². The standard InChI is InChI=1S/C24H32N4O3S/c1-6-12-27-14-18(3)28(15-17(27)2)22(23-25-11-13-32-23)19-7-9-20(10-8-19)24(30)26(4)16-21(29)31-5/h6-11,13,17-18,22H,1,12,14-16H2,2-5H3/t17-,18+,22-/m1/s1. The van der Waals surface area contributed by atoms with Gasteiger partial charge in [0.1, 0.15) is 11.6 Å². The number of rotatable bonds is 8. The number of thiazole rings is 1. The summed E-state index contributed by atoms with van der Waals surface area (Å²) < 4.78 is 4.65. The Hall–Kier alpha value is -2.55. The number of hydrogen-bond donors (Lipinski definition) is 0. The van der Waals surface area contributed by atoms with E-state index in [0.717, 1.165) is 30.2 Å². The minimum Gasteiger partial charge on any atom is -0.468 e. The molecule has 1 saturated heterocycles. The maximum atomic E-state index is 12.7. The van der Waals surface area contributed by atoms with Crippen LogP contribution in [0.4, 0.5) is 0 Å². The van der Waals surface area contributed by atoms with E-state index in [1.54, 1.807) is 18.4 Å². The number of ether oxygens (including phenoxy) is 1. The van der Waals surface area contributed by atoms with Crippen LogP contribution >= 0.6 is 11.3 Å². The van der Waals surface area contributed by atoms with E-state index in [-0.39, 0.29) is 18.5 Å². The van der Waals surface area contributed by atoms with Crippen LogP contribution in [0.15, 0.2) is 48.5 Å². The lowest BCUT2D eigenvalue weighted by Gasteiger charge is -2.46. The van der Waals surface area contributed by atoms with E-state index < -0.39 is 5.97 Å². The van der Waals surface area contributed by atoms with Crippen molar-refractivity contribution in [2.45, 2.75) is 32.0 Å².